The summed E-state index contributed by atoms with van der Waals surface area (Å²) in [7, 11) is 0. The zero-order valence-electron chi connectivity index (χ0n) is 12.4. The second kappa shape index (κ2) is 6.76. The molecule has 0 aliphatic heterocycles. The number of aromatic hydroxyl groups is 2. The van der Waals surface area contributed by atoms with Gasteiger partial charge in [-0.2, -0.15) is 5.10 Å². The van der Waals surface area contributed by atoms with Crippen LogP contribution in [-0.4, -0.2) is 21.8 Å². The van der Waals surface area contributed by atoms with Crippen LogP contribution >= 0.6 is 0 Å². The number of nitrogens with one attached hydrogen (secondary N) is 1. The van der Waals surface area contributed by atoms with Crippen molar-refractivity contribution in [3.05, 3.63) is 59.7 Å². The van der Waals surface area contributed by atoms with Gasteiger partial charge in [0.05, 0.1) is 0 Å². The zero-order valence-corrected chi connectivity index (χ0v) is 12.4. The number of hydrogen-bond donors (Lipinski definition) is 3. The van der Waals surface area contributed by atoms with Gasteiger partial charge in [0.2, 0.25) is 5.91 Å². The van der Waals surface area contributed by atoms with Crippen LogP contribution in [0.1, 0.15) is 25.0 Å². The van der Waals surface area contributed by atoms with Gasteiger partial charge in [-0.15, -0.1) is 0 Å². The summed E-state index contributed by atoms with van der Waals surface area (Å²) >= 11 is 0. The van der Waals surface area contributed by atoms with E-state index in [1.807, 2.05) is 30.3 Å². The molecule has 114 valence electrons. The molecule has 2 rings (SSSR count). The van der Waals surface area contributed by atoms with Gasteiger partial charge in [-0.3, -0.25) is 4.79 Å². The van der Waals surface area contributed by atoms with Gasteiger partial charge in [0.25, 0.3) is 0 Å². The molecule has 0 fully saturated rings. The van der Waals surface area contributed by atoms with Crippen molar-refractivity contribution in [2.24, 2.45) is 11.0 Å². The van der Waals surface area contributed by atoms with Gasteiger partial charge in [0.1, 0.15) is 17.2 Å². The van der Waals surface area contributed by atoms with E-state index in [0.717, 1.165) is 5.56 Å². The number of carbonyl (C=O) groups excluding carboxylic acids is 1. The van der Waals surface area contributed by atoms with Crippen LogP contribution in [0.5, 0.6) is 11.5 Å². The summed E-state index contributed by atoms with van der Waals surface area (Å²) in [5, 5.41) is 23.6. The van der Waals surface area contributed by atoms with Crippen molar-refractivity contribution in [3.63, 3.8) is 0 Å². The summed E-state index contributed by atoms with van der Waals surface area (Å²) in [4.78, 5) is 11.7. The Morgan fingerprint density at radius 1 is 1.09 bits per heavy atom. The lowest BCUT2D eigenvalue weighted by atomic mass is 10.0. The molecule has 0 aromatic heterocycles. The number of rotatable bonds is 4. The third-order valence-corrected chi connectivity index (χ3v) is 3.09. The maximum absolute atomic E-state index is 11.7. The highest BCUT2D eigenvalue weighted by Crippen LogP contribution is 2.25. The minimum absolute atomic E-state index is 0.0418. The predicted molar refractivity (Wildman–Crippen MR) is 84.8 cm³/mol. The normalized spacial score (nSPS) is 11.5. The van der Waals surface area contributed by atoms with Crippen LogP contribution in [0.25, 0.3) is 0 Å². The number of nitrogens with zero attached hydrogens (tertiary/aromatic N) is 1. The van der Waals surface area contributed by atoms with Crippen LogP contribution in [0.15, 0.2) is 53.6 Å². The van der Waals surface area contributed by atoms with Crippen molar-refractivity contribution >= 4 is 11.6 Å². The Morgan fingerprint density at radius 3 is 2.36 bits per heavy atom. The van der Waals surface area contributed by atoms with Gasteiger partial charge in [-0.05, 0) is 12.1 Å². The highest BCUT2D eigenvalue weighted by Gasteiger charge is 2.14. The fraction of sp³-hybridized carbons (Fsp3) is 0.176. The summed E-state index contributed by atoms with van der Waals surface area (Å²) in [6.07, 6.45) is 0. The predicted octanol–water partition coefficient (Wildman–Crippen LogP) is 2.62. The maximum atomic E-state index is 11.7. The molecule has 2 aromatic rings. The molecule has 0 aliphatic rings. The number of benzene rings is 2. The average Bonchev–Trinajstić information content (AvgIpc) is 2.50. The molecule has 5 nitrogen and oxygen atoms in total. The van der Waals surface area contributed by atoms with Crippen molar-refractivity contribution in [1.82, 2.24) is 5.43 Å². The second-order valence-corrected chi connectivity index (χ2v) is 5.16. The van der Waals surface area contributed by atoms with E-state index in [1.165, 1.54) is 12.1 Å². The second-order valence-electron chi connectivity index (χ2n) is 5.16. The third kappa shape index (κ3) is 3.63. The number of amides is 1. The number of phenols is 2. The van der Waals surface area contributed by atoms with Crippen molar-refractivity contribution in [3.8, 4) is 11.5 Å². The van der Waals surface area contributed by atoms with Gasteiger partial charge in [-0.1, -0.05) is 44.2 Å². The molecule has 0 unspecified atom stereocenters. The van der Waals surface area contributed by atoms with E-state index < -0.39 is 0 Å². The smallest absolute Gasteiger partial charge is 0.242 e. The molecule has 0 saturated carbocycles. The van der Waals surface area contributed by atoms with Crippen molar-refractivity contribution in [2.45, 2.75) is 13.8 Å². The molecule has 1 amide bonds. The van der Waals surface area contributed by atoms with E-state index >= 15 is 0 Å². The first-order chi connectivity index (χ1) is 10.5. The van der Waals surface area contributed by atoms with Gasteiger partial charge >= 0.3 is 0 Å². The third-order valence-electron chi connectivity index (χ3n) is 3.09. The van der Waals surface area contributed by atoms with Crippen molar-refractivity contribution in [2.75, 3.05) is 0 Å². The quantitative estimate of drug-likeness (QED) is 0.599. The summed E-state index contributed by atoms with van der Waals surface area (Å²) in [5.74, 6) is -0.567. The van der Waals surface area contributed by atoms with Crippen LogP contribution in [0, 0.1) is 5.92 Å². The topological polar surface area (TPSA) is 81.9 Å². The van der Waals surface area contributed by atoms with Crippen LogP contribution in [0.3, 0.4) is 0 Å². The maximum Gasteiger partial charge on any atom is 0.242 e. The van der Waals surface area contributed by atoms with Crippen molar-refractivity contribution in [1.29, 1.82) is 0 Å². The van der Waals surface area contributed by atoms with Crippen molar-refractivity contribution < 1.29 is 15.0 Å². The van der Waals surface area contributed by atoms with Crippen LogP contribution in [0.4, 0.5) is 0 Å². The van der Waals surface area contributed by atoms with Gasteiger partial charge in [0, 0.05) is 23.1 Å². The summed E-state index contributed by atoms with van der Waals surface area (Å²) in [6, 6.07) is 13.4. The lowest BCUT2D eigenvalue weighted by Gasteiger charge is -2.11. The molecular weight excluding hydrogens is 280 g/mol. The average molecular weight is 298 g/mol. The molecule has 0 saturated heterocycles. The van der Waals surface area contributed by atoms with E-state index in [9.17, 15) is 15.0 Å². The van der Waals surface area contributed by atoms with Gasteiger partial charge in [0.15, 0.2) is 0 Å². The first kappa shape index (κ1) is 15.6. The van der Waals surface area contributed by atoms with E-state index in [2.05, 4.69) is 10.5 Å². The van der Waals surface area contributed by atoms with Crippen LogP contribution < -0.4 is 5.43 Å². The van der Waals surface area contributed by atoms with E-state index in [1.54, 1.807) is 19.9 Å². The monoisotopic (exact) mass is 298 g/mol. The summed E-state index contributed by atoms with van der Waals surface area (Å²) < 4.78 is 0. The Bertz CT molecular complexity index is 694. The Kier molecular flexibility index (Phi) is 4.78. The summed E-state index contributed by atoms with van der Waals surface area (Å²) in [5.41, 5.74) is 4.09. The molecule has 0 atom stereocenters. The SMILES string of the molecule is CC(C)C(=O)N/N=C(/c1ccccc1)c1ccc(O)cc1O. The first-order valence-corrected chi connectivity index (χ1v) is 6.94. The standard InChI is InChI=1S/C17H18N2O3/c1-11(2)17(22)19-18-16(12-6-4-3-5-7-12)14-9-8-13(20)10-15(14)21/h3-11,20-21H,1-2H3,(H,19,22)/b18-16-. The molecule has 0 spiro atoms. The minimum atomic E-state index is -0.216. The molecule has 0 radical (unpaired) electrons. The van der Waals surface area contributed by atoms with Gasteiger partial charge < -0.3 is 10.2 Å². The van der Waals surface area contributed by atoms with E-state index in [-0.39, 0.29) is 23.3 Å². The molecule has 3 N–H and O–H groups in total. The first-order valence-electron chi connectivity index (χ1n) is 6.94. The molecule has 22 heavy (non-hydrogen) atoms. The minimum Gasteiger partial charge on any atom is -0.508 e. The highest BCUT2D eigenvalue weighted by atomic mass is 16.3. The van der Waals surface area contributed by atoms with E-state index in [0.29, 0.717) is 11.3 Å². The Balaban J connectivity index is 2.46. The van der Waals surface area contributed by atoms with Crippen LogP contribution in [-0.2, 0) is 4.79 Å². The highest BCUT2D eigenvalue weighted by molar-refractivity contribution is 6.14. The molecular formula is C17H18N2O3. The Labute approximate surface area is 128 Å². The molecule has 5 heteroatoms. The molecule has 0 heterocycles. The lowest BCUT2D eigenvalue weighted by Crippen LogP contribution is -2.24. The molecule has 0 bridgehead atoms. The Hall–Kier alpha value is -2.82. The lowest BCUT2D eigenvalue weighted by molar-refractivity contribution is -0.123. The Morgan fingerprint density at radius 2 is 1.77 bits per heavy atom. The van der Waals surface area contributed by atoms with E-state index in [4.69, 9.17) is 0 Å². The fourth-order valence-electron chi connectivity index (χ4n) is 1.84. The molecule has 2 aromatic carbocycles. The number of carbonyl (C=O) groups is 1. The number of hydrazone groups is 1. The molecule has 0 aliphatic carbocycles. The van der Waals surface area contributed by atoms with Crippen LogP contribution in [0.2, 0.25) is 0 Å². The van der Waals surface area contributed by atoms with Gasteiger partial charge in [-0.25, -0.2) is 5.43 Å². The largest absolute Gasteiger partial charge is 0.508 e. The number of phenolic OH excluding ortho intramolecular Hbond substituents is 2. The fourth-order valence-corrected chi connectivity index (χ4v) is 1.84. The summed E-state index contributed by atoms with van der Waals surface area (Å²) in [6.45, 7) is 3.54. The number of hydrogen-bond acceptors (Lipinski definition) is 4. The zero-order chi connectivity index (χ0) is 16.1.